The standard InChI is InChI=1S/C12H14O2/c1-5-11(13)9(3)7-8-10(4)12(14)6-2/h5-6H,1-4,7-8H2. The first-order valence-corrected chi connectivity index (χ1v) is 4.22. The predicted molar refractivity (Wildman–Crippen MR) is 57.9 cm³/mol. The normalized spacial score (nSPS) is 8.86. The molecule has 0 rings (SSSR count). The number of hydrogen-bond donors (Lipinski definition) is 0. The second kappa shape index (κ2) is 5.86. The molecule has 0 spiro atoms. The maximum atomic E-state index is 11.0. The fourth-order valence-electron chi connectivity index (χ4n) is 0.837. The third-order valence-electron chi connectivity index (χ3n) is 1.80. The van der Waals surface area contributed by atoms with Crippen molar-refractivity contribution in [2.24, 2.45) is 0 Å². The Morgan fingerprint density at radius 2 is 1.14 bits per heavy atom. The van der Waals surface area contributed by atoms with Crippen molar-refractivity contribution in [1.82, 2.24) is 0 Å². The first kappa shape index (κ1) is 12.3. The average molecular weight is 190 g/mol. The highest BCUT2D eigenvalue weighted by atomic mass is 16.1. The molecule has 2 nitrogen and oxygen atoms in total. The smallest absolute Gasteiger partial charge is 0.180 e. The first-order chi connectivity index (χ1) is 6.52. The zero-order valence-corrected chi connectivity index (χ0v) is 8.21. The molecule has 0 unspecified atom stereocenters. The Morgan fingerprint density at radius 3 is 1.36 bits per heavy atom. The quantitative estimate of drug-likeness (QED) is 0.577. The SMILES string of the molecule is C=CC(=O)C(=C)CCC(=C)C(=O)C=C. The summed E-state index contributed by atoms with van der Waals surface area (Å²) in [6, 6.07) is 0. The van der Waals surface area contributed by atoms with E-state index in [0.717, 1.165) is 0 Å². The van der Waals surface area contributed by atoms with Crippen LogP contribution in [0.4, 0.5) is 0 Å². The highest BCUT2D eigenvalue weighted by Crippen LogP contribution is 2.11. The van der Waals surface area contributed by atoms with E-state index >= 15 is 0 Å². The predicted octanol–water partition coefficient (Wildman–Crippen LogP) is 2.39. The van der Waals surface area contributed by atoms with Gasteiger partial charge in [0.05, 0.1) is 0 Å². The van der Waals surface area contributed by atoms with E-state index in [9.17, 15) is 9.59 Å². The van der Waals surface area contributed by atoms with Crippen LogP contribution in [0.2, 0.25) is 0 Å². The third kappa shape index (κ3) is 3.81. The van der Waals surface area contributed by atoms with Gasteiger partial charge in [0.1, 0.15) is 0 Å². The van der Waals surface area contributed by atoms with E-state index in [2.05, 4.69) is 26.3 Å². The van der Waals surface area contributed by atoms with Gasteiger partial charge in [0.25, 0.3) is 0 Å². The third-order valence-corrected chi connectivity index (χ3v) is 1.80. The summed E-state index contributed by atoms with van der Waals surface area (Å²) in [5, 5.41) is 0. The zero-order valence-electron chi connectivity index (χ0n) is 8.21. The van der Waals surface area contributed by atoms with Crippen LogP contribution in [-0.2, 0) is 9.59 Å². The summed E-state index contributed by atoms with van der Waals surface area (Å²) in [6.07, 6.45) is 3.29. The summed E-state index contributed by atoms with van der Waals surface area (Å²) in [6.45, 7) is 13.9. The van der Waals surface area contributed by atoms with Crippen molar-refractivity contribution in [3.8, 4) is 0 Å². The summed E-state index contributed by atoms with van der Waals surface area (Å²) in [5.74, 6) is -0.382. The van der Waals surface area contributed by atoms with Crippen LogP contribution in [-0.4, -0.2) is 11.6 Å². The fourth-order valence-corrected chi connectivity index (χ4v) is 0.837. The Hall–Kier alpha value is -1.70. The van der Waals surface area contributed by atoms with Crippen LogP contribution in [0.15, 0.2) is 49.6 Å². The maximum absolute atomic E-state index is 11.0. The van der Waals surface area contributed by atoms with Crippen molar-refractivity contribution in [3.05, 3.63) is 49.6 Å². The lowest BCUT2D eigenvalue weighted by Gasteiger charge is -2.02. The molecule has 0 radical (unpaired) electrons. The molecule has 2 heteroatoms. The van der Waals surface area contributed by atoms with Crippen LogP contribution in [0.25, 0.3) is 0 Å². The van der Waals surface area contributed by atoms with E-state index < -0.39 is 0 Å². The minimum absolute atomic E-state index is 0.191. The van der Waals surface area contributed by atoms with Crippen molar-refractivity contribution in [2.75, 3.05) is 0 Å². The molecule has 14 heavy (non-hydrogen) atoms. The van der Waals surface area contributed by atoms with E-state index in [1.54, 1.807) is 0 Å². The average Bonchev–Trinajstić information content (AvgIpc) is 2.22. The van der Waals surface area contributed by atoms with Gasteiger partial charge in [0, 0.05) is 0 Å². The van der Waals surface area contributed by atoms with Crippen LogP contribution in [0.1, 0.15) is 12.8 Å². The Morgan fingerprint density at radius 1 is 0.857 bits per heavy atom. The van der Waals surface area contributed by atoms with Gasteiger partial charge in [-0.2, -0.15) is 0 Å². The van der Waals surface area contributed by atoms with Crippen molar-refractivity contribution in [3.63, 3.8) is 0 Å². The van der Waals surface area contributed by atoms with Gasteiger partial charge < -0.3 is 0 Å². The minimum atomic E-state index is -0.191. The van der Waals surface area contributed by atoms with Gasteiger partial charge in [-0.1, -0.05) is 26.3 Å². The number of carbonyl (C=O) groups is 2. The molecular weight excluding hydrogens is 176 g/mol. The van der Waals surface area contributed by atoms with Gasteiger partial charge in [0.15, 0.2) is 11.6 Å². The number of ketones is 2. The largest absolute Gasteiger partial charge is 0.290 e. The number of allylic oxidation sites excluding steroid dienone is 4. The van der Waals surface area contributed by atoms with Gasteiger partial charge in [-0.15, -0.1) is 0 Å². The van der Waals surface area contributed by atoms with Gasteiger partial charge in [-0.3, -0.25) is 9.59 Å². The van der Waals surface area contributed by atoms with Gasteiger partial charge in [-0.25, -0.2) is 0 Å². The molecule has 0 amide bonds. The Balaban J connectivity index is 4.07. The van der Waals surface area contributed by atoms with Gasteiger partial charge in [0.2, 0.25) is 0 Å². The summed E-state index contributed by atoms with van der Waals surface area (Å²) in [7, 11) is 0. The second-order valence-electron chi connectivity index (χ2n) is 2.84. The van der Waals surface area contributed by atoms with Gasteiger partial charge >= 0.3 is 0 Å². The molecule has 74 valence electrons. The van der Waals surface area contributed by atoms with E-state index in [-0.39, 0.29) is 11.6 Å². The summed E-state index contributed by atoms with van der Waals surface area (Å²) < 4.78 is 0. The van der Waals surface area contributed by atoms with Crippen LogP contribution in [0.3, 0.4) is 0 Å². The lowest BCUT2D eigenvalue weighted by Crippen LogP contribution is -2.01. The molecular formula is C12H14O2. The topological polar surface area (TPSA) is 34.1 Å². The molecule has 0 heterocycles. The fraction of sp³-hybridized carbons (Fsp3) is 0.167. The van der Waals surface area contributed by atoms with Crippen LogP contribution in [0.5, 0.6) is 0 Å². The Kier molecular flexibility index (Phi) is 5.15. The van der Waals surface area contributed by atoms with Crippen molar-refractivity contribution in [2.45, 2.75) is 12.8 Å². The minimum Gasteiger partial charge on any atom is -0.290 e. The summed E-state index contributed by atoms with van der Waals surface area (Å²) >= 11 is 0. The molecule has 0 aromatic heterocycles. The Labute approximate surface area is 84.3 Å². The molecule has 0 aromatic carbocycles. The number of hydrogen-bond acceptors (Lipinski definition) is 2. The summed E-state index contributed by atoms with van der Waals surface area (Å²) in [5.41, 5.74) is 0.885. The number of carbonyl (C=O) groups excluding carboxylic acids is 2. The monoisotopic (exact) mass is 190 g/mol. The van der Waals surface area contributed by atoms with Crippen molar-refractivity contribution in [1.29, 1.82) is 0 Å². The maximum Gasteiger partial charge on any atom is 0.180 e. The first-order valence-electron chi connectivity index (χ1n) is 4.22. The molecule has 0 bridgehead atoms. The highest BCUT2D eigenvalue weighted by Gasteiger charge is 2.06. The molecule has 0 aliphatic heterocycles. The zero-order chi connectivity index (χ0) is 11.1. The van der Waals surface area contributed by atoms with Crippen molar-refractivity contribution >= 4 is 11.6 Å². The Bertz CT molecular complexity index is 276. The molecule has 0 aliphatic rings. The van der Waals surface area contributed by atoms with E-state index in [1.807, 2.05) is 0 Å². The lowest BCUT2D eigenvalue weighted by atomic mass is 10.0. The molecule has 0 fully saturated rings. The lowest BCUT2D eigenvalue weighted by molar-refractivity contribution is -0.112. The molecule has 0 aromatic rings. The summed E-state index contributed by atoms with van der Waals surface area (Å²) in [4.78, 5) is 22.0. The molecule has 0 saturated carbocycles. The second-order valence-corrected chi connectivity index (χ2v) is 2.84. The molecule has 0 saturated heterocycles. The van der Waals surface area contributed by atoms with Crippen LogP contribution < -0.4 is 0 Å². The highest BCUT2D eigenvalue weighted by molar-refractivity contribution is 6.04. The molecule has 0 N–H and O–H groups in total. The molecule has 0 aliphatic carbocycles. The molecule has 0 atom stereocenters. The van der Waals surface area contributed by atoms with Crippen molar-refractivity contribution < 1.29 is 9.59 Å². The van der Waals surface area contributed by atoms with E-state index in [1.165, 1.54) is 12.2 Å². The van der Waals surface area contributed by atoms with E-state index in [4.69, 9.17) is 0 Å². The van der Waals surface area contributed by atoms with E-state index in [0.29, 0.717) is 24.0 Å². The van der Waals surface area contributed by atoms with Crippen LogP contribution in [0, 0.1) is 0 Å². The van der Waals surface area contributed by atoms with Gasteiger partial charge in [-0.05, 0) is 36.1 Å². The van der Waals surface area contributed by atoms with Crippen LogP contribution >= 0.6 is 0 Å². The number of rotatable bonds is 7.